The van der Waals surface area contributed by atoms with Crippen LogP contribution in [0.1, 0.15) is 11.8 Å². The fraction of sp³-hybridized carbons (Fsp3) is 0.462. The smallest absolute Gasteiger partial charge is 0.148 e. The first-order chi connectivity index (χ1) is 8.65. The molecule has 0 saturated heterocycles. The minimum Gasteiger partial charge on any atom is -0.364 e. The van der Waals surface area contributed by atoms with Crippen LogP contribution in [0.25, 0.3) is 10.9 Å². The third kappa shape index (κ3) is 1.89. The topological polar surface area (TPSA) is 31.5 Å². The number of likely N-dealkylation sites (N-methyl/N-ethyl adjacent to an activating group) is 1. The summed E-state index contributed by atoms with van der Waals surface area (Å²) >= 11 is 0. The second kappa shape index (κ2) is 4.33. The molecule has 1 aromatic carbocycles. The molecule has 1 unspecified atom stereocenters. The number of aromatic nitrogens is 2. The van der Waals surface area contributed by atoms with E-state index in [9.17, 15) is 4.39 Å². The molecule has 96 valence electrons. The molecule has 3 rings (SSSR count). The molecule has 1 aliphatic rings. The third-order valence-corrected chi connectivity index (χ3v) is 3.26. The average molecular weight is 250 g/mol. The van der Waals surface area contributed by atoms with Gasteiger partial charge in [0, 0.05) is 5.39 Å². The predicted octanol–water partition coefficient (Wildman–Crippen LogP) is 0.391. The molecule has 0 spiro atoms. The number of fused-ring (bicyclic) bond motifs is 3. The highest BCUT2D eigenvalue weighted by atomic mass is 19.1. The summed E-state index contributed by atoms with van der Waals surface area (Å²) in [6.07, 6.45) is -0.00412. The molecular weight excluding hydrogens is 233 g/mol. The lowest BCUT2D eigenvalue weighted by atomic mass is 10.1. The van der Waals surface area contributed by atoms with E-state index in [-0.39, 0.29) is 11.9 Å². The summed E-state index contributed by atoms with van der Waals surface area (Å²) in [5, 5.41) is 5.39. The quantitative estimate of drug-likeness (QED) is 0.836. The summed E-state index contributed by atoms with van der Waals surface area (Å²) in [5.41, 5.74) is 1.85. The molecule has 1 aromatic heterocycles. The van der Waals surface area contributed by atoms with Crippen LogP contribution in [0.15, 0.2) is 18.2 Å². The van der Waals surface area contributed by atoms with Gasteiger partial charge in [-0.1, -0.05) is 0 Å². The minimum atomic E-state index is -0.222. The number of benzene rings is 1. The van der Waals surface area contributed by atoms with Crippen molar-refractivity contribution >= 4 is 10.9 Å². The summed E-state index contributed by atoms with van der Waals surface area (Å²) in [6.45, 7) is 2.27. The van der Waals surface area contributed by atoms with Gasteiger partial charge >= 0.3 is 0 Å². The molecule has 0 fully saturated rings. The van der Waals surface area contributed by atoms with Crippen molar-refractivity contribution < 1.29 is 14.0 Å². The van der Waals surface area contributed by atoms with Crippen molar-refractivity contribution in [2.75, 3.05) is 27.2 Å². The summed E-state index contributed by atoms with van der Waals surface area (Å²) in [6, 6.07) is 4.74. The van der Waals surface area contributed by atoms with E-state index in [1.54, 1.807) is 12.1 Å². The van der Waals surface area contributed by atoms with Gasteiger partial charge in [-0.25, -0.2) is 4.39 Å². The zero-order valence-electron chi connectivity index (χ0n) is 10.6. The van der Waals surface area contributed by atoms with Crippen LogP contribution in [0.2, 0.25) is 0 Å². The van der Waals surface area contributed by atoms with E-state index < -0.39 is 0 Å². The lowest BCUT2D eigenvalue weighted by Crippen LogP contribution is -3.06. The molecule has 0 aliphatic carbocycles. The Balaban J connectivity index is 2.13. The molecule has 0 radical (unpaired) electrons. The van der Waals surface area contributed by atoms with Crippen molar-refractivity contribution in [2.45, 2.75) is 12.6 Å². The maximum atomic E-state index is 13.4. The number of hydrogen-bond acceptors (Lipinski definition) is 2. The molecule has 1 aliphatic heterocycles. The van der Waals surface area contributed by atoms with Crippen molar-refractivity contribution in [3.05, 3.63) is 29.7 Å². The van der Waals surface area contributed by atoms with E-state index in [4.69, 9.17) is 4.74 Å². The molecular formula is C13H17FN3O+. The predicted molar refractivity (Wildman–Crippen MR) is 66.1 cm³/mol. The average Bonchev–Trinajstić information content (AvgIpc) is 2.67. The SMILES string of the molecule is C[NH+](C)CC1OCCn2nc3ccc(F)cc3c21. The molecule has 5 heteroatoms. The Bertz CT molecular complexity index is 579. The van der Waals surface area contributed by atoms with Gasteiger partial charge in [-0.2, -0.15) is 5.10 Å². The molecule has 18 heavy (non-hydrogen) atoms. The van der Waals surface area contributed by atoms with Crippen LogP contribution in [-0.4, -0.2) is 37.0 Å². The fourth-order valence-electron chi connectivity index (χ4n) is 2.52. The first kappa shape index (κ1) is 11.6. The summed E-state index contributed by atoms with van der Waals surface area (Å²) in [4.78, 5) is 1.30. The maximum absolute atomic E-state index is 13.4. The summed E-state index contributed by atoms with van der Waals surface area (Å²) in [5.74, 6) is -0.222. The van der Waals surface area contributed by atoms with E-state index in [1.165, 1.54) is 11.0 Å². The number of rotatable bonds is 2. The Kier molecular flexibility index (Phi) is 2.80. The van der Waals surface area contributed by atoms with Gasteiger partial charge < -0.3 is 9.64 Å². The lowest BCUT2D eigenvalue weighted by molar-refractivity contribution is -0.862. The number of nitrogens with zero attached hydrogens (tertiary/aromatic N) is 2. The first-order valence-corrected chi connectivity index (χ1v) is 6.22. The second-order valence-electron chi connectivity index (χ2n) is 5.04. The van der Waals surface area contributed by atoms with Crippen LogP contribution in [0.3, 0.4) is 0 Å². The van der Waals surface area contributed by atoms with Gasteiger partial charge in [0.25, 0.3) is 0 Å². The van der Waals surface area contributed by atoms with E-state index in [0.717, 1.165) is 29.7 Å². The van der Waals surface area contributed by atoms with Crippen LogP contribution < -0.4 is 4.90 Å². The minimum absolute atomic E-state index is 0.00412. The molecule has 1 N–H and O–H groups in total. The van der Waals surface area contributed by atoms with Crippen LogP contribution in [0.5, 0.6) is 0 Å². The Morgan fingerprint density at radius 1 is 1.50 bits per heavy atom. The number of quaternary nitrogens is 1. The summed E-state index contributed by atoms with van der Waals surface area (Å²) < 4.78 is 21.2. The van der Waals surface area contributed by atoms with Crippen LogP contribution in [-0.2, 0) is 11.3 Å². The zero-order valence-corrected chi connectivity index (χ0v) is 10.6. The van der Waals surface area contributed by atoms with E-state index in [2.05, 4.69) is 19.2 Å². The monoisotopic (exact) mass is 250 g/mol. The van der Waals surface area contributed by atoms with Gasteiger partial charge in [0.1, 0.15) is 18.5 Å². The van der Waals surface area contributed by atoms with Gasteiger partial charge in [-0.15, -0.1) is 0 Å². The Hall–Kier alpha value is -1.46. The molecule has 0 bridgehead atoms. The fourth-order valence-corrected chi connectivity index (χ4v) is 2.52. The Morgan fingerprint density at radius 2 is 2.33 bits per heavy atom. The Morgan fingerprint density at radius 3 is 3.11 bits per heavy atom. The number of ether oxygens (including phenoxy) is 1. The highest BCUT2D eigenvalue weighted by Crippen LogP contribution is 2.29. The van der Waals surface area contributed by atoms with Crippen molar-refractivity contribution in [1.29, 1.82) is 0 Å². The third-order valence-electron chi connectivity index (χ3n) is 3.26. The Labute approximate surface area is 105 Å². The van der Waals surface area contributed by atoms with E-state index in [1.807, 2.05) is 4.68 Å². The lowest BCUT2D eigenvalue weighted by Gasteiger charge is -2.25. The van der Waals surface area contributed by atoms with E-state index in [0.29, 0.717) is 6.61 Å². The standard InChI is InChI=1S/C13H16FN3O/c1-16(2)8-12-13-10-7-9(14)3-4-11(10)15-17(13)5-6-18-12/h3-4,7,12H,5-6,8H2,1-2H3/p+1. The highest BCUT2D eigenvalue weighted by molar-refractivity contribution is 5.82. The second-order valence-corrected chi connectivity index (χ2v) is 5.04. The number of hydrogen-bond donors (Lipinski definition) is 1. The van der Waals surface area contributed by atoms with Crippen molar-refractivity contribution in [3.8, 4) is 0 Å². The van der Waals surface area contributed by atoms with Crippen molar-refractivity contribution in [3.63, 3.8) is 0 Å². The maximum Gasteiger partial charge on any atom is 0.148 e. The van der Waals surface area contributed by atoms with Crippen LogP contribution in [0.4, 0.5) is 4.39 Å². The molecule has 2 aromatic rings. The van der Waals surface area contributed by atoms with Crippen molar-refractivity contribution in [2.24, 2.45) is 0 Å². The molecule has 0 saturated carbocycles. The molecule has 4 nitrogen and oxygen atoms in total. The van der Waals surface area contributed by atoms with Crippen LogP contribution >= 0.6 is 0 Å². The normalized spacial score (nSPS) is 19.4. The molecule has 0 amide bonds. The largest absolute Gasteiger partial charge is 0.364 e. The first-order valence-electron chi connectivity index (χ1n) is 6.22. The van der Waals surface area contributed by atoms with Gasteiger partial charge in [0.05, 0.1) is 38.5 Å². The number of halogens is 1. The molecule has 2 heterocycles. The summed E-state index contributed by atoms with van der Waals surface area (Å²) in [7, 11) is 4.17. The van der Waals surface area contributed by atoms with E-state index >= 15 is 0 Å². The molecule has 1 atom stereocenters. The van der Waals surface area contributed by atoms with Gasteiger partial charge in [-0.3, -0.25) is 4.68 Å². The highest BCUT2D eigenvalue weighted by Gasteiger charge is 2.27. The van der Waals surface area contributed by atoms with Gasteiger partial charge in [0.2, 0.25) is 0 Å². The zero-order chi connectivity index (χ0) is 12.7. The van der Waals surface area contributed by atoms with Crippen molar-refractivity contribution in [1.82, 2.24) is 9.78 Å². The van der Waals surface area contributed by atoms with Crippen LogP contribution in [0, 0.1) is 5.82 Å². The van der Waals surface area contributed by atoms with Gasteiger partial charge in [-0.05, 0) is 18.2 Å². The number of nitrogens with one attached hydrogen (secondary N) is 1. The van der Waals surface area contributed by atoms with Gasteiger partial charge in [0.15, 0.2) is 0 Å².